The molecule has 2 amide bonds. The van der Waals surface area contributed by atoms with E-state index < -0.39 is 29.1 Å². The third kappa shape index (κ3) is 4.13. The first-order chi connectivity index (χ1) is 9.61. The summed E-state index contributed by atoms with van der Waals surface area (Å²) in [6.45, 7) is 1.28. The Hall–Kier alpha value is -1.70. The number of hydrogen-bond acceptors (Lipinski definition) is 3. The normalized spacial score (nSPS) is 14.3. The van der Waals surface area contributed by atoms with Crippen LogP contribution in [0.2, 0.25) is 0 Å². The van der Waals surface area contributed by atoms with Gasteiger partial charge < -0.3 is 11.1 Å². The van der Waals surface area contributed by atoms with Crippen LogP contribution in [0.4, 0.5) is 13.2 Å². The molecule has 1 aromatic carbocycles. The number of nitrogens with one attached hydrogen (secondary N) is 1. The quantitative estimate of drug-likeness (QED) is 0.870. The molecule has 4 nitrogen and oxygen atoms in total. The van der Waals surface area contributed by atoms with Crippen molar-refractivity contribution in [1.29, 1.82) is 0 Å². The van der Waals surface area contributed by atoms with Crippen molar-refractivity contribution in [2.45, 2.75) is 18.6 Å². The zero-order chi connectivity index (χ0) is 16.3. The topological polar surface area (TPSA) is 72.2 Å². The number of nitrogens with two attached hydrogens (primary N) is 1. The molecule has 1 aromatic rings. The third-order valence-corrected chi connectivity index (χ3v) is 3.48. The van der Waals surface area contributed by atoms with Gasteiger partial charge in [0.15, 0.2) is 0 Å². The summed E-state index contributed by atoms with van der Waals surface area (Å²) < 4.78 is 38.2. The van der Waals surface area contributed by atoms with Gasteiger partial charge in [-0.2, -0.15) is 24.9 Å². The standard InChI is InChI=1S/C13H15F3N2O2S/c1-12(11(17)20,18-10(19)7-21-2)8-4-3-5-9(6-8)13(14,15)16/h3-6H,7H2,1-2H3,(H2,17,20)(H,18,19)/t12-/m1/s1. The van der Waals surface area contributed by atoms with Crippen molar-refractivity contribution in [3.05, 3.63) is 35.4 Å². The fourth-order valence-electron chi connectivity index (χ4n) is 1.73. The highest BCUT2D eigenvalue weighted by Gasteiger charge is 2.37. The van der Waals surface area contributed by atoms with Gasteiger partial charge in [0, 0.05) is 0 Å². The Labute approximate surface area is 124 Å². The zero-order valence-corrected chi connectivity index (χ0v) is 12.3. The second kappa shape index (κ2) is 6.38. The van der Waals surface area contributed by atoms with E-state index in [-0.39, 0.29) is 11.3 Å². The van der Waals surface area contributed by atoms with E-state index >= 15 is 0 Å². The number of hydrogen-bond donors (Lipinski definition) is 2. The molecule has 0 saturated heterocycles. The molecule has 1 rings (SSSR count). The third-order valence-electron chi connectivity index (χ3n) is 2.92. The van der Waals surface area contributed by atoms with Crippen molar-refractivity contribution in [2.75, 3.05) is 12.0 Å². The van der Waals surface area contributed by atoms with Crippen LogP contribution in [-0.2, 0) is 21.3 Å². The Morgan fingerprint density at radius 1 is 1.29 bits per heavy atom. The maximum Gasteiger partial charge on any atom is 0.416 e. The van der Waals surface area contributed by atoms with E-state index in [4.69, 9.17) is 5.73 Å². The molecule has 0 radical (unpaired) electrons. The van der Waals surface area contributed by atoms with Crippen molar-refractivity contribution in [3.8, 4) is 0 Å². The highest BCUT2D eigenvalue weighted by Crippen LogP contribution is 2.32. The SMILES string of the molecule is CSCC(=O)N[C@@](C)(C(N)=O)c1cccc(C(F)(F)F)c1. The van der Waals surface area contributed by atoms with Gasteiger partial charge in [-0.25, -0.2) is 0 Å². The van der Waals surface area contributed by atoms with Crippen molar-refractivity contribution in [2.24, 2.45) is 5.73 Å². The number of alkyl halides is 3. The van der Waals surface area contributed by atoms with Crippen LogP contribution in [0.15, 0.2) is 24.3 Å². The van der Waals surface area contributed by atoms with E-state index in [1.807, 2.05) is 0 Å². The van der Waals surface area contributed by atoms with Crippen LogP contribution in [0.3, 0.4) is 0 Å². The number of benzene rings is 1. The van der Waals surface area contributed by atoms with Gasteiger partial charge >= 0.3 is 6.18 Å². The summed E-state index contributed by atoms with van der Waals surface area (Å²) in [5.41, 5.74) is 2.64. The van der Waals surface area contributed by atoms with Gasteiger partial charge in [0.1, 0.15) is 5.54 Å². The lowest BCUT2D eigenvalue weighted by Crippen LogP contribution is -2.53. The molecule has 0 spiro atoms. The van der Waals surface area contributed by atoms with E-state index in [0.717, 1.165) is 12.1 Å². The first-order valence-electron chi connectivity index (χ1n) is 5.89. The summed E-state index contributed by atoms with van der Waals surface area (Å²) in [7, 11) is 0. The summed E-state index contributed by atoms with van der Waals surface area (Å²) in [6, 6.07) is 4.18. The number of rotatable bonds is 5. The fraction of sp³-hybridized carbons (Fsp3) is 0.385. The van der Waals surface area contributed by atoms with Crippen molar-refractivity contribution in [1.82, 2.24) is 5.32 Å². The Morgan fingerprint density at radius 2 is 1.86 bits per heavy atom. The molecular weight excluding hydrogens is 305 g/mol. The summed E-state index contributed by atoms with van der Waals surface area (Å²) >= 11 is 1.22. The predicted molar refractivity (Wildman–Crippen MR) is 74.5 cm³/mol. The van der Waals surface area contributed by atoms with Crippen LogP contribution in [0.1, 0.15) is 18.1 Å². The lowest BCUT2D eigenvalue weighted by Gasteiger charge is -2.28. The monoisotopic (exact) mass is 320 g/mol. The van der Waals surface area contributed by atoms with Crippen LogP contribution >= 0.6 is 11.8 Å². The van der Waals surface area contributed by atoms with Crippen molar-refractivity contribution >= 4 is 23.6 Å². The van der Waals surface area contributed by atoms with Crippen molar-refractivity contribution in [3.63, 3.8) is 0 Å². The van der Waals surface area contributed by atoms with E-state index in [1.165, 1.54) is 30.8 Å². The minimum atomic E-state index is -4.54. The molecule has 0 unspecified atom stereocenters. The molecule has 0 saturated carbocycles. The van der Waals surface area contributed by atoms with E-state index in [2.05, 4.69) is 5.32 Å². The van der Waals surface area contributed by atoms with Gasteiger partial charge in [-0.1, -0.05) is 12.1 Å². The summed E-state index contributed by atoms with van der Waals surface area (Å²) in [6.07, 6.45) is -2.86. The molecule has 0 bridgehead atoms. The first kappa shape index (κ1) is 17.4. The van der Waals surface area contributed by atoms with E-state index in [0.29, 0.717) is 0 Å². The largest absolute Gasteiger partial charge is 0.416 e. The molecule has 8 heteroatoms. The summed E-state index contributed by atoms with van der Waals surface area (Å²) in [4.78, 5) is 23.3. The molecule has 116 valence electrons. The number of thioether (sulfide) groups is 1. The molecule has 0 aromatic heterocycles. The highest BCUT2D eigenvalue weighted by atomic mass is 32.2. The predicted octanol–water partition coefficient (Wildman–Crippen LogP) is 1.89. The Bertz CT molecular complexity index is 548. The van der Waals surface area contributed by atoms with Crippen LogP contribution in [-0.4, -0.2) is 23.8 Å². The minimum absolute atomic E-state index is 0.0146. The first-order valence-corrected chi connectivity index (χ1v) is 7.28. The summed E-state index contributed by atoms with van der Waals surface area (Å²) in [5, 5.41) is 2.39. The van der Waals surface area contributed by atoms with Crippen molar-refractivity contribution < 1.29 is 22.8 Å². The minimum Gasteiger partial charge on any atom is -0.367 e. The van der Waals surface area contributed by atoms with E-state index in [1.54, 1.807) is 6.26 Å². The molecule has 0 heterocycles. The van der Waals surface area contributed by atoms with Crippen LogP contribution in [0.5, 0.6) is 0 Å². The molecular formula is C13H15F3N2O2S. The molecule has 3 N–H and O–H groups in total. The van der Waals surface area contributed by atoms with Gasteiger partial charge in [-0.05, 0) is 30.9 Å². The lowest BCUT2D eigenvalue weighted by atomic mass is 9.90. The Kier molecular flexibility index (Phi) is 5.27. The molecule has 0 fully saturated rings. The molecule has 0 aliphatic carbocycles. The number of halogens is 3. The number of primary amides is 1. The van der Waals surface area contributed by atoms with Gasteiger partial charge in [-0.15, -0.1) is 0 Å². The molecule has 21 heavy (non-hydrogen) atoms. The number of carbonyl (C=O) groups is 2. The fourth-order valence-corrected chi connectivity index (χ4v) is 2.06. The van der Waals surface area contributed by atoms with Crippen LogP contribution < -0.4 is 11.1 Å². The van der Waals surface area contributed by atoms with Gasteiger partial charge in [0.25, 0.3) is 0 Å². The average molecular weight is 320 g/mol. The second-order valence-corrected chi connectivity index (χ2v) is 5.42. The molecule has 0 aliphatic rings. The van der Waals surface area contributed by atoms with E-state index in [9.17, 15) is 22.8 Å². The Balaban J connectivity index is 3.23. The van der Waals surface area contributed by atoms with Gasteiger partial charge in [0.05, 0.1) is 11.3 Å². The van der Waals surface area contributed by atoms with Crippen LogP contribution in [0.25, 0.3) is 0 Å². The van der Waals surface area contributed by atoms with Gasteiger partial charge in [0.2, 0.25) is 11.8 Å². The molecule has 1 atom stereocenters. The average Bonchev–Trinajstić information content (AvgIpc) is 2.37. The highest BCUT2D eigenvalue weighted by molar-refractivity contribution is 7.99. The number of carbonyl (C=O) groups excluding carboxylic acids is 2. The zero-order valence-electron chi connectivity index (χ0n) is 11.5. The van der Waals surface area contributed by atoms with Gasteiger partial charge in [-0.3, -0.25) is 9.59 Å². The maximum atomic E-state index is 12.7. The smallest absolute Gasteiger partial charge is 0.367 e. The number of amides is 2. The molecule has 0 aliphatic heterocycles. The second-order valence-electron chi connectivity index (χ2n) is 4.55. The maximum absolute atomic E-state index is 12.7. The van der Waals surface area contributed by atoms with Crippen LogP contribution in [0, 0.1) is 0 Å². The summed E-state index contributed by atoms with van der Waals surface area (Å²) in [5.74, 6) is -1.35. The Morgan fingerprint density at radius 3 is 2.33 bits per heavy atom. The lowest BCUT2D eigenvalue weighted by molar-refractivity contribution is -0.138.